The Kier molecular flexibility index (Phi) is 4.49. The van der Waals surface area contributed by atoms with E-state index in [2.05, 4.69) is 29.2 Å². The zero-order chi connectivity index (χ0) is 16.3. The molecule has 3 nitrogen and oxygen atoms in total. The van der Waals surface area contributed by atoms with Crippen LogP contribution in [0.1, 0.15) is 36.8 Å². The molecule has 2 aromatic carbocycles. The molecular formula is C20H23NO2. The fraction of sp³-hybridized carbons (Fsp3) is 0.350. The molecule has 1 heterocycles. The van der Waals surface area contributed by atoms with E-state index in [0.717, 1.165) is 24.9 Å². The summed E-state index contributed by atoms with van der Waals surface area (Å²) in [6.45, 7) is 2.40. The number of nitrogens with zero attached hydrogens (tertiary/aromatic N) is 1. The second-order valence-electron chi connectivity index (χ2n) is 6.18. The fourth-order valence-corrected chi connectivity index (χ4v) is 3.76. The third-order valence-electron chi connectivity index (χ3n) is 4.71. The van der Waals surface area contributed by atoms with E-state index in [1.54, 1.807) is 0 Å². The highest BCUT2D eigenvalue weighted by Gasteiger charge is 2.49. The molecule has 0 aromatic heterocycles. The number of benzene rings is 2. The Balaban J connectivity index is 2.17. The average molecular weight is 309 g/mol. The van der Waals surface area contributed by atoms with Crippen molar-refractivity contribution >= 4 is 5.97 Å². The number of esters is 1. The quantitative estimate of drug-likeness (QED) is 0.805. The van der Waals surface area contributed by atoms with E-state index in [-0.39, 0.29) is 11.9 Å². The van der Waals surface area contributed by atoms with Gasteiger partial charge in [0, 0.05) is 24.9 Å². The molecule has 2 aromatic rings. The second-order valence-corrected chi connectivity index (χ2v) is 6.18. The molecule has 1 saturated heterocycles. The summed E-state index contributed by atoms with van der Waals surface area (Å²) < 4.78 is 6.03. The molecule has 3 rings (SSSR count). The predicted octanol–water partition coefficient (Wildman–Crippen LogP) is 3.91. The molecule has 0 amide bonds. The molecule has 1 fully saturated rings. The molecule has 1 aliphatic heterocycles. The lowest BCUT2D eigenvalue weighted by molar-refractivity contribution is -0.199. The number of likely N-dealkylation sites (N-methyl/N-ethyl adjacent to an activating group) is 1. The summed E-state index contributed by atoms with van der Waals surface area (Å²) >= 11 is 0. The first-order valence-corrected chi connectivity index (χ1v) is 8.16. The standard InChI is InChI=1S/C20H23NO2/c1-16(22)23-20(18-12-7-4-8-13-18)19(14-9-15-21(20)2)17-10-5-3-6-11-17/h3-8,10-13,19H,9,14-15H2,1-2H3. The van der Waals surface area contributed by atoms with Crippen LogP contribution < -0.4 is 0 Å². The minimum atomic E-state index is -0.743. The van der Waals surface area contributed by atoms with Gasteiger partial charge in [-0.1, -0.05) is 60.7 Å². The number of carbonyl (C=O) groups is 1. The van der Waals surface area contributed by atoms with Gasteiger partial charge in [-0.15, -0.1) is 0 Å². The minimum Gasteiger partial charge on any atom is -0.439 e. The summed E-state index contributed by atoms with van der Waals surface area (Å²) in [6, 6.07) is 20.5. The van der Waals surface area contributed by atoms with Crippen molar-refractivity contribution in [2.24, 2.45) is 0 Å². The molecule has 0 N–H and O–H groups in total. The molecule has 2 atom stereocenters. The monoisotopic (exact) mass is 309 g/mol. The first-order chi connectivity index (χ1) is 11.1. The van der Waals surface area contributed by atoms with E-state index in [0.29, 0.717) is 0 Å². The molecule has 2 unspecified atom stereocenters. The van der Waals surface area contributed by atoms with Crippen molar-refractivity contribution in [1.82, 2.24) is 4.90 Å². The van der Waals surface area contributed by atoms with Gasteiger partial charge in [-0.05, 0) is 25.5 Å². The van der Waals surface area contributed by atoms with E-state index < -0.39 is 5.72 Å². The predicted molar refractivity (Wildman–Crippen MR) is 90.9 cm³/mol. The first kappa shape index (κ1) is 15.8. The van der Waals surface area contributed by atoms with Crippen molar-refractivity contribution in [3.8, 4) is 0 Å². The van der Waals surface area contributed by atoms with Crippen LogP contribution in [0.15, 0.2) is 60.7 Å². The van der Waals surface area contributed by atoms with Crippen molar-refractivity contribution < 1.29 is 9.53 Å². The van der Waals surface area contributed by atoms with Crippen LogP contribution >= 0.6 is 0 Å². The molecule has 120 valence electrons. The summed E-state index contributed by atoms with van der Waals surface area (Å²) in [4.78, 5) is 14.1. The molecule has 0 bridgehead atoms. The lowest BCUT2D eigenvalue weighted by atomic mass is 9.77. The lowest BCUT2D eigenvalue weighted by Crippen LogP contribution is -2.54. The smallest absolute Gasteiger partial charge is 0.304 e. The molecule has 0 saturated carbocycles. The van der Waals surface area contributed by atoms with Crippen LogP contribution in [0.2, 0.25) is 0 Å². The Labute approximate surface area is 137 Å². The van der Waals surface area contributed by atoms with Crippen LogP contribution in [0.25, 0.3) is 0 Å². The topological polar surface area (TPSA) is 29.5 Å². The van der Waals surface area contributed by atoms with Crippen molar-refractivity contribution in [3.63, 3.8) is 0 Å². The maximum absolute atomic E-state index is 12.0. The van der Waals surface area contributed by atoms with Crippen LogP contribution in [0.3, 0.4) is 0 Å². The fourth-order valence-electron chi connectivity index (χ4n) is 3.76. The molecule has 3 heteroatoms. The van der Waals surface area contributed by atoms with Gasteiger partial charge in [0.15, 0.2) is 5.72 Å². The number of hydrogen-bond donors (Lipinski definition) is 0. The van der Waals surface area contributed by atoms with Crippen molar-refractivity contribution in [2.45, 2.75) is 31.4 Å². The van der Waals surface area contributed by atoms with Crippen LogP contribution in [-0.4, -0.2) is 24.5 Å². The Morgan fingerprint density at radius 1 is 1.09 bits per heavy atom. The van der Waals surface area contributed by atoms with E-state index in [9.17, 15) is 4.79 Å². The van der Waals surface area contributed by atoms with E-state index >= 15 is 0 Å². The van der Waals surface area contributed by atoms with Crippen LogP contribution in [0.4, 0.5) is 0 Å². The van der Waals surface area contributed by atoms with Crippen molar-refractivity contribution in [2.75, 3.05) is 13.6 Å². The largest absolute Gasteiger partial charge is 0.439 e. The van der Waals surface area contributed by atoms with Crippen LogP contribution in [0.5, 0.6) is 0 Å². The van der Waals surface area contributed by atoms with Crippen LogP contribution in [0, 0.1) is 0 Å². The van der Waals surface area contributed by atoms with Gasteiger partial charge in [-0.25, -0.2) is 0 Å². The number of hydrogen-bond acceptors (Lipinski definition) is 3. The van der Waals surface area contributed by atoms with E-state index in [1.165, 1.54) is 12.5 Å². The third kappa shape index (κ3) is 2.89. The SMILES string of the molecule is CC(=O)OC1(c2ccccc2)C(c2ccccc2)CCCN1C. The Morgan fingerprint density at radius 2 is 1.70 bits per heavy atom. The Bertz CT molecular complexity index is 656. The second kappa shape index (κ2) is 6.55. The van der Waals surface area contributed by atoms with Gasteiger partial charge in [0.1, 0.15) is 0 Å². The highest BCUT2D eigenvalue weighted by Crippen LogP contribution is 2.48. The summed E-state index contributed by atoms with van der Waals surface area (Å²) in [5.41, 5.74) is 1.50. The van der Waals surface area contributed by atoms with Gasteiger partial charge in [0.2, 0.25) is 0 Å². The zero-order valence-corrected chi connectivity index (χ0v) is 13.7. The minimum absolute atomic E-state index is 0.119. The summed E-state index contributed by atoms with van der Waals surface area (Å²) in [6.07, 6.45) is 2.09. The molecule has 0 spiro atoms. The molecule has 1 aliphatic rings. The maximum Gasteiger partial charge on any atom is 0.304 e. The zero-order valence-electron chi connectivity index (χ0n) is 13.7. The molecule has 0 aliphatic carbocycles. The van der Waals surface area contributed by atoms with Gasteiger partial charge < -0.3 is 4.74 Å². The number of rotatable bonds is 3. The van der Waals surface area contributed by atoms with Gasteiger partial charge >= 0.3 is 5.97 Å². The summed E-state index contributed by atoms with van der Waals surface area (Å²) in [7, 11) is 2.05. The third-order valence-corrected chi connectivity index (χ3v) is 4.71. The highest BCUT2D eigenvalue weighted by molar-refractivity contribution is 5.67. The molecular weight excluding hydrogens is 286 g/mol. The Morgan fingerprint density at radius 3 is 2.30 bits per heavy atom. The average Bonchev–Trinajstić information content (AvgIpc) is 2.58. The van der Waals surface area contributed by atoms with Crippen molar-refractivity contribution in [3.05, 3.63) is 71.8 Å². The van der Waals surface area contributed by atoms with Crippen LogP contribution in [-0.2, 0) is 15.3 Å². The van der Waals surface area contributed by atoms with Gasteiger partial charge in [0.05, 0.1) is 0 Å². The number of piperidine rings is 1. The number of likely N-dealkylation sites (tertiary alicyclic amines) is 1. The number of carbonyl (C=O) groups excluding carboxylic acids is 1. The maximum atomic E-state index is 12.0. The van der Waals surface area contributed by atoms with Gasteiger partial charge in [-0.3, -0.25) is 9.69 Å². The summed E-state index contributed by atoms with van der Waals surface area (Å²) in [5.74, 6) is -0.128. The molecule has 0 radical (unpaired) electrons. The first-order valence-electron chi connectivity index (χ1n) is 8.16. The van der Waals surface area contributed by atoms with Gasteiger partial charge in [-0.2, -0.15) is 0 Å². The van der Waals surface area contributed by atoms with Gasteiger partial charge in [0.25, 0.3) is 0 Å². The lowest BCUT2D eigenvalue weighted by Gasteiger charge is -2.49. The van der Waals surface area contributed by atoms with E-state index in [1.807, 2.05) is 43.4 Å². The van der Waals surface area contributed by atoms with Crippen molar-refractivity contribution in [1.29, 1.82) is 0 Å². The Hall–Kier alpha value is -2.13. The molecule has 23 heavy (non-hydrogen) atoms. The summed E-state index contributed by atoms with van der Waals surface area (Å²) in [5, 5.41) is 0. The normalized spacial score (nSPS) is 25.0. The number of ether oxygens (including phenoxy) is 1. The van der Waals surface area contributed by atoms with E-state index in [4.69, 9.17) is 4.74 Å². The highest BCUT2D eigenvalue weighted by atomic mass is 16.6.